The number of thioether (sulfide) groups is 1. The van der Waals surface area contributed by atoms with Crippen LogP contribution in [0.3, 0.4) is 0 Å². The van der Waals surface area contributed by atoms with E-state index in [-0.39, 0.29) is 11.0 Å². The van der Waals surface area contributed by atoms with E-state index < -0.39 is 0 Å². The molecule has 26 heavy (non-hydrogen) atoms. The average molecular weight is 377 g/mol. The standard InChI is InChI=1S/C21H16N2OS2/c1-14(24)19(16-10-6-3-7-11-16)26-21-18-17(15-8-4-2-5-9-15)12-25-20(18)22-13-23-21/h2-13,19H,1H3. The van der Waals surface area contributed by atoms with Gasteiger partial charge in [0.1, 0.15) is 22.0 Å². The van der Waals surface area contributed by atoms with Gasteiger partial charge < -0.3 is 0 Å². The number of ketones is 1. The van der Waals surface area contributed by atoms with Crippen LogP contribution in [-0.4, -0.2) is 15.8 Å². The van der Waals surface area contributed by atoms with E-state index in [9.17, 15) is 4.79 Å². The molecule has 0 aliphatic heterocycles. The second-order valence-electron chi connectivity index (χ2n) is 5.89. The predicted molar refractivity (Wildman–Crippen MR) is 109 cm³/mol. The van der Waals surface area contributed by atoms with Crippen molar-refractivity contribution in [2.45, 2.75) is 17.2 Å². The summed E-state index contributed by atoms with van der Waals surface area (Å²) in [4.78, 5) is 22.2. The summed E-state index contributed by atoms with van der Waals surface area (Å²) < 4.78 is 0. The highest BCUT2D eigenvalue weighted by molar-refractivity contribution is 8.00. The Morgan fingerprint density at radius 3 is 2.38 bits per heavy atom. The highest BCUT2D eigenvalue weighted by Gasteiger charge is 2.22. The van der Waals surface area contributed by atoms with Crippen molar-refractivity contribution in [1.82, 2.24) is 9.97 Å². The maximum Gasteiger partial charge on any atom is 0.147 e. The fourth-order valence-corrected chi connectivity index (χ4v) is 4.99. The zero-order chi connectivity index (χ0) is 17.9. The summed E-state index contributed by atoms with van der Waals surface area (Å²) in [6, 6.07) is 20.1. The number of nitrogens with zero attached hydrogens (tertiary/aromatic N) is 2. The van der Waals surface area contributed by atoms with Crippen LogP contribution in [0.25, 0.3) is 21.3 Å². The maximum absolute atomic E-state index is 12.3. The molecular weight excluding hydrogens is 360 g/mol. The minimum atomic E-state index is -0.280. The summed E-state index contributed by atoms with van der Waals surface area (Å²) in [5, 5.41) is 3.71. The first kappa shape index (κ1) is 16.9. The highest BCUT2D eigenvalue weighted by Crippen LogP contribution is 2.42. The quantitative estimate of drug-likeness (QED) is 0.327. The molecule has 0 spiro atoms. The molecule has 5 heteroatoms. The Bertz CT molecular complexity index is 1050. The Labute approximate surface area is 160 Å². The molecule has 1 unspecified atom stereocenters. The molecule has 0 amide bonds. The Balaban J connectivity index is 1.81. The lowest BCUT2D eigenvalue weighted by Gasteiger charge is -2.14. The molecule has 0 aliphatic carbocycles. The lowest BCUT2D eigenvalue weighted by molar-refractivity contribution is -0.116. The van der Waals surface area contributed by atoms with Gasteiger partial charge >= 0.3 is 0 Å². The van der Waals surface area contributed by atoms with Gasteiger partial charge in [0, 0.05) is 10.9 Å². The molecule has 4 aromatic rings. The summed E-state index contributed by atoms with van der Waals surface area (Å²) >= 11 is 3.10. The summed E-state index contributed by atoms with van der Waals surface area (Å²) in [6.07, 6.45) is 1.58. The van der Waals surface area contributed by atoms with E-state index in [1.165, 1.54) is 11.8 Å². The van der Waals surface area contributed by atoms with Crippen molar-refractivity contribution in [3.63, 3.8) is 0 Å². The SMILES string of the molecule is CC(=O)C(Sc1ncnc2scc(-c3ccccc3)c12)c1ccccc1. The van der Waals surface area contributed by atoms with Gasteiger partial charge in [0.05, 0.1) is 10.6 Å². The minimum absolute atomic E-state index is 0.115. The van der Waals surface area contributed by atoms with Crippen LogP contribution < -0.4 is 0 Å². The third-order valence-electron chi connectivity index (χ3n) is 4.12. The van der Waals surface area contributed by atoms with Crippen LogP contribution in [0.5, 0.6) is 0 Å². The molecule has 4 rings (SSSR count). The molecule has 0 N–H and O–H groups in total. The maximum atomic E-state index is 12.3. The van der Waals surface area contributed by atoms with Gasteiger partial charge in [-0.1, -0.05) is 72.4 Å². The van der Waals surface area contributed by atoms with Gasteiger partial charge in [-0.3, -0.25) is 4.79 Å². The van der Waals surface area contributed by atoms with Crippen molar-refractivity contribution < 1.29 is 4.79 Å². The van der Waals surface area contributed by atoms with E-state index in [0.29, 0.717) is 0 Å². The molecule has 128 valence electrons. The number of hydrogen-bond donors (Lipinski definition) is 0. The molecule has 2 aromatic carbocycles. The summed E-state index contributed by atoms with van der Waals surface area (Å²) in [5.41, 5.74) is 3.24. The van der Waals surface area contributed by atoms with Crippen molar-refractivity contribution in [3.05, 3.63) is 77.9 Å². The van der Waals surface area contributed by atoms with Crippen LogP contribution in [0.15, 0.2) is 77.4 Å². The van der Waals surface area contributed by atoms with Crippen molar-refractivity contribution in [1.29, 1.82) is 0 Å². The summed E-state index contributed by atoms with van der Waals surface area (Å²) in [7, 11) is 0. The van der Waals surface area contributed by atoms with Crippen LogP contribution in [0, 0.1) is 0 Å². The van der Waals surface area contributed by atoms with Crippen LogP contribution in [0.4, 0.5) is 0 Å². The number of benzene rings is 2. The molecule has 0 fully saturated rings. The van der Waals surface area contributed by atoms with E-state index in [2.05, 4.69) is 27.5 Å². The molecule has 0 radical (unpaired) electrons. The highest BCUT2D eigenvalue weighted by atomic mass is 32.2. The predicted octanol–water partition coefficient (Wildman–Crippen LogP) is 5.78. The lowest BCUT2D eigenvalue weighted by atomic mass is 10.1. The second kappa shape index (κ2) is 7.40. The van der Waals surface area contributed by atoms with Crippen molar-refractivity contribution >= 4 is 39.1 Å². The second-order valence-corrected chi connectivity index (χ2v) is 7.85. The first-order chi connectivity index (χ1) is 12.7. The summed E-state index contributed by atoms with van der Waals surface area (Å²) in [5.74, 6) is 0.115. The first-order valence-corrected chi connectivity index (χ1v) is 9.99. The van der Waals surface area contributed by atoms with Crippen molar-refractivity contribution in [2.24, 2.45) is 0 Å². The zero-order valence-electron chi connectivity index (χ0n) is 14.1. The lowest BCUT2D eigenvalue weighted by Crippen LogP contribution is -2.05. The van der Waals surface area contributed by atoms with E-state index >= 15 is 0 Å². The largest absolute Gasteiger partial charge is 0.298 e. The van der Waals surface area contributed by atoms with Crippen molar-refractivity contribution in [2.75, 3.05) is 0 Å². The smallest absolute Gasteiger partial charge is 0.147 e. The Kier molecular flexibility index (Phi) is 4.82. The minimum Gasteiger partial charge on any atom is -0.298 e. The van der Waals surface area contributed by atoms with Gasteiger partial charge in [0.25, 0.3) is 0 Å². The molecule has 0 bridgehead atoms. The van der Waals surface area contributed by atoms with Gasteiger partial charge in [0.15, 0.2) is 0 Å². The van der Waals surface area contributed by atoms with E-state index in [1.807, 2.05) is 48.5 Å². The normalized spacial score (nSPS) is 12.2. The summed E-state index contributed by atoms with van der Waals surface area (Å²) in [6.45, 7) is 1.63. The topological polar surface area (TPSA) is 42.9 Å². The fourth-order valence-electron chi connectivity index (χ4n) is 2.89. The number of aromatic nitrogens is 2. The molecule has 0 aliphatic rings. The van der Waals surface area contributed by atoms with E-state index in [4.69, 9.17) is 0 Å². The monoisotopic (exact) mass is 376 g/mol. The zero-order valence-corrected chi connectivity index (χ0v) is 15.8. The van der Waals surface area contributed by atoms with Crippen LogP contribution in [0.2, 0.25) is 0 Å². The van der Waals surface area contributed by atoms with Crippen molar-refractivity contribution in [3.8, 4) is 11.1 Å². The molecule has 2 heterocycles. The number of fused-ring (bicyclic) bond motifs is 1. The fraction of sp³-hybridized carbons (Fsp3) is 0.0952. The van der Waals surface area contributed by atoms with Crippen LogP contribution in [0.1, 0.15) is 17.7 Å². The van der Waals surface area contributed by atoms with Crippen LogP contribution >= 0.6 is 23.1 Å². The van der Waals surface area contributed by atoms with Gasteiger partial charge in [0.2, 0.25) is 0 Å². The van der Waals surface area contributed by atoms with Gasteiger partial charge in [-0.2, -0.15) is 0 Å². The van der Waals surface area contributed by atoms with Gasteiger partial charge in [-0.25, -0.2) is 9.97 Å². The number of thiophene rings is 1. The molecule has 1 atom stereocenters. The number of rotatable bonds is 5. The number of carbonyl (C=O) groups is 1. The first-order valence-electron chi connectivity index (χ1n) is 8.23. The average Bonchev–Trinajstić information content (AvgIpc) is 3.12. The molecule has 0 saturated heterocycles. The molecular formula is C21H16N2OS2. The van der Waals surface area contributed by atoms with Crippen LogP contribution in [-0.2, 0) is 4.79 Å². The number of carbonyl (C=O) groups excluding carboxylic acids is 1. The Hall–Kier alpha value is -2.50. The Morgan fingerprint density at radius 1 is 1.00 bits per heavy atom. The van der Waals surface area contributed by atoms with Gasteiger partial charge in [-0.15, -0.1) is 11.3 Å². The van der Waals surface area contributed by atoms with Gasteiger partial charge in [-0.05, 0) is 18.1 Å². The molecule has 2 aromatic heterocycles. The van der Waals surface area contributed by atoms with E-state index in [1.54, 1.807) is 24.6 Å². The Morgan fingerprint density at radius 2 is 1.69 bits per heavy atom. The molecule has 0 saturated carbocycles. The number of hydrogen-bond acceptors (Lipinski definition) is 5. The number of Topliss-reactive ketones (excluding diaryl/α,β-unsaturated/α-hetero) is 1. The third-order valence-corrected chi connectivity index (χ3v) is 6.38. The third kappa shape index (κ3) is 3.28. The molecule has 3 nitrogen and oxygen atoms in total. The van der Waals surface area contributed by atoms with E-state index in [0.717, 1.165) is 31.9 Å².